The number of benzene rings is 2. The molecule has 3 N–H and O–H groups in total. The normalized spacial score (nSPS) is 13.2. The second-order valence-corrected chi connectivity index (χ2v) is 9.96. The summed E-state index contributed by atoms with van der Waals surface area (Å²) in [5.41, 5.74) is 1.76. The number of nitrogens with one attached hydrogen (secondary N) is 3. The molecular weight excluding hydrogens is 468 g/mol. The Morgan fingerprint density at radius 3 is 1.76 bits per heavy atom. The molecule has 0 fully saturated rings. The van der Waals surface area contributed by atoms with Gasteiger partial charge in [0.05, 0.1) is 6.07 Å². The van der Waals surface area contributed by atoms with Crippen LogP contribution >= 0.6 is 0 Å². The molecule has 0 aliphatic heterocycles. The highest BCUT2D eigenvalue weighted by atomic mass is 16.5. The van der Waals surface area contributed by atoms with E-state index in [1.807, 2.05) is 88.4 Å². The van der Waals surface area contributed by atoms with Gasteiger partial charge >= 0.3 is 6.09 Å². The van der Waals surface area contributed by atoms with Crippen molar-refractivity contribution in [3.8, 4) is 6.07 Å². The number of hydrogen-bond acceptors (Lipinski definition) is 5. The second-order valence-electron chi connectivity index (χ2n) is 9.96. The van der Waals surface area contributed by atoms with E-state index in [2.05, 4.69) is 22.0 Å². The number of carbonyl (C=O) groups is 3. The lowest BCUT2D eigenvalue weighted by Crippen LogP contribution is -2.55. The van der Waals surface area contributed by atoms with Gasteiger partial charge in [-0.25, -0.2) is 4.79 Å². The van der Waals surface area contributed by atoms with Crippen molar-refractivity contribution in [2.75, 3.05) is 0 Å². The lowest BCUT2D eigenvalue weighted by atomic mass is 9.99. The van der Waals surface area contributed by atoms with Gasteiger partial charge in [-0.3, -0.25) is 9.59 Å². The molecule has 0 saturated carbocycles. The Labute approximate surface area is 219 Å². The maximum atomic E-state index is 13.2. The molecule has 0 aliphatic rings. The van der Waals surface area contributed by atoms with Gasteiger partial charge in [0.15, 0.2) is 0 Å². The van der Waals surface area contributed by atoms with Crippen molar-refractivity contribution in [1.82, 2.24) is 16.0 Å². The maximum absolute atomic E-state index is 13.2. The average Bonchev–Trinajstić information content (AvgIpc) is 2.86. The Morgan fingerprint density at radius 2 is 1.24 bits per heavy atom. The van der Waals surface area contributed by atoms with Crippen molar-refractivity contribution in [3.05, 3.63) is 71.8 Å². The summed E-state index contributed by atoms with van der Waals surface area (Å²) in [6.07, 6.45) is 0.406. The molecule has 0 saturated heterocycles. The van der Waals surface area contributed by atoms with Crippen LogP contribution in [0.5, 0.6) is 0 Å². The van der Waals surface area contributed by atoms with Crippen molar-refractivity contribution in [2.45, 2.75) is 71.7 Å². The molecule has 0 heterocycles. The monoisotopic (exact) mass is 506 g/mol. The molecule has 8 nitrogen and oxygen atoms in total. The van der Waals surface area contributed by atoms with Crippen LogP contribution in [-0.4, -0.2) is 36.0 Å². The predicted molar refractivity (Wildman–Crippen MR) is 142 cm³/mol. The van der Waals surface area contributed by atoms with Gasteiger partial charge in [-0.15, -0.1) is 0 Å². The molecule has 3 amide bonds. The van der Waals surface area contributed by atoms with Gasteiger partial charge in [-0.1, -0.05) is 88.4 Å². The first-order valence-electron chi connectivity index (χ1n) is 12.7. The minimum Gasteiger partial charge on any atom is -0.445 e. The van der Waals surface area contributed by atoms with E-state index >= 15 is 0 Å². The summed E-state index contributed by atoms with van der Waals surface area (Å²) < 4.78 is 5.29. The largest absolute Gasteiger partial charge is 0.445 e. The van der Waals surface area contributed by atoms with Crippen LogP contribution in [0.15, 0.2) is 60.7 Å². The Hall–Kier alpha value is -3.86. The first-order chi connectivity index (χ1) is 17.7. The van der Waals surface area contributed by atoms with E-state index in [-0.39, 0.29) is 18.4 Å². The number of amides is 3. The van der Waals surface area contributed by atoms with Crippen LogP contribution in [-0.2, 0) is 27.4 Å². The van der Waals surface area contributed by atoms with Gasteiger partial charge in [0.1, 0.15) is 24.7 Å². The fourth-order valence-corrected chi connectivity index (χ4v) is 3.84. The highest BCUT2D eigenvalue weighted by molar-refractivity contribution is 5.91. The quantitative estimate of drug-likeness (QED) is 0.378. The summed E-state index contributed by atoms with van der Waals surface area (Å²) in [6, 6.07) is 18.3. The van der Waals surface area contributed by atoms with Crippen molar-refractivity contribution in [3.63, 3.8) is 0 Å². The van der Waals surface area contributed by atoms with E-state index in [1.165, 1.54) is 0 Å². The van der Waals surface area contributed by atoms with E-state index in [4.69, 9.17) is 4.74 Å². The zero-order valence-corrected chi connectivity index (χ0v) is 22.1. The number of rotatable bonds is 13. The van der Waals surface area contributed by atoms with Crippen LogP contribution in [0.3, 0.4) is 0 Å². The molecule has 2 aromatic rings. The molecule has 2 aromatic carbocycles. The van der Waals surface area contributed by atoms with Crippen LogP contribution in [0.4, 0.5) is 4.79 Å². The predicted octanol–water partition coefficient (Wildman–Crippen LogP) is 4.11. The third-order valence-corrected chi connectivity index (χ3v) is 5.62. The molecule has 3 atom stereocenters. The number of carbonyl (C=O) groups excluding carboxylic acids is 3. The number of ether oxygens (including phenoxy) is 1. The van der Waals surface area contributed by atoms with E-state index in [0.717, 1.165) is 11.1 Å². The summed E-state index contributed by atoms with van der Waals surface area (Å²) in [6.45, 7) is 7.86. The molecule has 2 rings (SSSR count). The number of hydrogen-bond donors (Lipinski definition) is 3. The lowest BCUT2D eigenvalue weighted by molar-refractivity contribution is -0.130. The topological polar surface area (TPSA) is 120 Å². The Morgan fingerprint density at radius 1 is 0.757 bits per heavy atom. The summed E-state index contributed by atoms with van der Waals surface area (Å²) >= 11 is 0. The standard InChI is InChI=1S/C29H38N4O4/c1-20(2)15-25(27(34)31-24(18-30)17-22-11-7-5-8-12-22)32-28(35)26(16-21(3)4)33-29(36)37-19-23-13-9-6-10-14-23/h5-14,20-21,24-26H,15-17,19H2,1-4H3,(H,31,34)(H,32,35)(H,33,36)/t24-,25-,26-/m0/s1. The van der Waals surface area contributed by atoms with Gasteiger partial charge in [-0.05, 0) is 35.8 Å². The third kappa shape index (κ3) is 11.2. The Kier molecular flexibility index (Phi) is 12.1. The Bertz CT molecular complexity index is 1030. The molecular formula is C29H38N4O4. The van der Waals surface area contributed by atoms with Crippen LogP contribution < -0.4 is 16.0 Å². The SMILES string of the molecule is CC(C)C[C@H](NC(=O)OCc1ccccc1)C(=O)N[C@@H](CC(C)C)C(=O)N[C@H](C#N)Cc1ccccc1. The molecule has 0 spiro atoms. The molecule has 0 aliphatic carbocycles. The van der Waals surface area contributed by atoms with Crippen molar-refractivity contribution >= 4 is 17.9 Å². The third-order valence-electron chi connectivity index (χ3n) is 5.62. The van der Waals surface area contributed by atoms with E-state index < -0.39 is 36.0 Å². The van der Waals surface area contributed by atoms with E-state index in [0.29, 0.717) is 19.3 Å². The molecule has 8 heteroatoms. The van der Waals surface area contributed by atoms with Crippen molar-refractivity contribution in [1.29, 1.82) is 5.26 Å². The fourth-order valence-electron chi connectivity index (χ4n) is 3.84. The van der Waals surface area contributed by atoms with E-state index in [9.17, 15) is 19.6 Å². The first kappa shape index (κ1) is 29.4. The number of alkyl carbamates (subject to hydrolysis) is 1. The van der Waals surface area contributed by atoms with Gasteiger partial charge < -0.3 is 20.7 Å². The minimum atomic E-state index is -0.873. The average molecular weight is 507 g/mol. The summed E-state index contributed by atoms with van der Waals surface area (Å²) in [4.78, 5) is 38.8. The number of nitrogens with zero attached hydrogens (tertiary/aromatic N) is 1. The zero-order valence-electron chi connectivity index (χ0n) is 22.1. The summed E-state index contributed by atoms with van der Waals surface area (Å²) in [7, 11) is 0. The van der Waals surface area contributed by atoms with Gasteiger partial charge in [0, 0.05) is 6.42 Å². The smallest absolute Gasteiger partial charge is 0.408 e. The van der Waals surface area contributed by atoms with Crippen LogP contribution in [0.2, 0.25) is 0 Å². The summed E-state index contributed by atoms with van der Waals surface area (Å²) in [5, 5.41) is 17.8. The molecule has 0 bridgehead atoms. The summed E-state index contributed by atoms with van der Waals surface area (Å²) in [5.74, 6) is -0.684. The molecule has 0 unspecified atom stereocenters. The highest BCUT2D eigenvalue weighted by Gasteiger charge is 2.29. The van der Waals surface area contributed by atoms with E-state index in [1.54, 1.807) is 0 Å². The lowest BCUT2D eigenvalue weighted by Gasteiger charge is -2.25. The van der Waals surface area contributed by atoms with Crippen molar-refractivity contribution < 1.29 is 19.1 Å². The molecule has 0 aromatic heterocycles. The Balaban J connectivity index is 2.04. The number of nitriles is 1. The molecule has 0 radical (unpaired) electrons. The van der Waals surface area contributed by atoms with Crippen LogP contribution in [0.1, 0.15) is 51.7 Å². The zero-order chi connectivity index (χ0) is 27.2. The van der Waals surface area contributed by atoms with Crippen LogP contribution in [0, 0.1) is 23.2 Å². The second kappa shape index (κ2) is 15.3. The fraction of sp³-hybridized carbons (Fsp3) is 0.448. The maximum Gasteiger partial charge on any atom is 0.408 e. The molecule has 198 valence electrons. The van der Waals surface area contributed by atoms with Gasteiger partial charge in [-0.2, -0.15) is 5.26 Å². The first-order valence-corrected chi connectivity index (χ1v) is 12.7. The highest BCUT2D eigenvalue weighted by Crippen LogP contribution is 2.11. The van der Waals surface area contributed by atoms with Gasteiger partial charge in [0.25, 0.3) is 0 Å². The van der Waals surface area contributed by atoms with Crippen LogP contribution in [0.25, 0.3) is 0 Å². The van der Waals surface area contributed by atoms with Gasteiger partial charge in [0.2, 0.25) is 11.8 Å². The van der Waals surface area contributed by atoms with Crippen molar-refractivity contribution in [2.24, 2.45) is 11.8 Å². The minimum absolute atomic E-state index is 0.0814. The molecule has 37 heavy (non-hydrogen) atoms.